The highest BCUT2D eigenvalue weighted by atomic mass is 16.3. The Morgan fingerprint density at radius 2 is 0.913 bits per heavy atom. The lowest BCUT2D eigenvalue weighted by Gasteiger charge is -2.07. The zero-order valence-electron chi connectivity index (χ0n) is 24.0. The number of hydrogen-bond donors (Lipinski definition) is 0. The molecule has 0 fully saturated rings. The van der Waals surface area contributed by atoms with Gasteiger partial charge in [0, 0.05) is 80.3 Å². The molecule has 8 heteroatoms. The average molecular weight is 593 g/mol. The van der Waals surface area contributed by atoms with E-state index in [9.17, 15) is 0 Å². The molecule has 0 atom stereocenters. The average Bonchev–Trinajstić information content (AvgIpc) is 3.85. The first-order valence-corrected chi connectivity index (χ1v) is 15.0. The molecule has 0 aliphatic heterocycles. The molecule has 8 aromatic heterocycles. The van der Waals surface area contributed by atoms with Crippen molar-refractivity contribution < 1.29 is 8.83 Å². The number of hydrogen-bond acceptors (Lipinski definition) is 6. The standard InChI is InChI=1S/C38H20N6O2/c1-5-21-25-17-34-26(18-33(25)45-35(21)31(9-1)43-29-11-15-39-19-27(29)23-7-3-13-41-37(23)43)22-6-2-10-32(36(22)46-34)44-30-12-16-40-20-28(30)24-8-4-14-42-38(24)44/h1-20H. The highest BCUT2D eigenvalue weighted by Gasteiger charge is 2.22. The second kappa shape index (κ2) is 8.55. The van der Waals surface area contributed by atoms with Gasteiger partial charge in [0.15, 0.2) is 11.2 Å². The van der Waals surface area contributed by atoms with Gasteiger partial charge in [-0.1, -0.05) is 24.3 Å². The van der Waals surface area contributed by atoms with Crippen LogP contribution >= 0.6 is 0 Å². The maximum absolute atomic E-state index is 6.72. The largest absolute Gasteiger partial charge is 0.454 e. The molecule has 11 aromatic rings. The smallest absolute Gasteiger partial charge is 0.159 e. The summed E-state index contributed by atoms with van der Waals surface area (Å²) in [4.78, 5) is 18.3. The molecule has 0 bridgehead atoms. The molecule has 3 aromatic carbocycles. The third-order valence-corrected chi connectivity index (χ3v) is 9.21. The summed E-state index contributed by atoms with van der Waals surface area (Å²) < 4.78 is 17.8. The van der Waals surface area contributed by atoms with Gasteiger partial charge in [0.25, 0.3) is 0 Å². The minimum Gasteiger partial charge on any atom is -0.454 e. The van der Waals surface area contributed by atoms with Gasteiger partial charge >= 0.3 is 0 Å². The predicted molar refractivity (Wildman–Crippen MR) is 181 cm³/mol. The molecule has 0 radical (unpaired) electrons. The van der Waals surface area contributed by atoms with Gasteiger partial charge in [-0.3, -0.25) is 19.1 Å². The van der Waals surface area contributed by atoms with E-state index in [2.05, 4.69) is 79.8 Å². The Morgan fingerprint density at radius 3 is 1.41 bits per heavy atom. The fourth-order valence-electron chi connectivity index (χ4n) is 7.28. The highest BCUT2D eigenvalue weighted by molar-refractivity contribution is 6.18. The van der Waals surface area contributed by atoms with E-state index < -0.39 is 0 Å². The van der Waals surface area contributed by atoms with Gasteiger partial charge in [-0.2, -0.15) is 0 Å². The third kappa shape index (κ3) is 2.97. The zero-order valence-corrected chi connectivity index (χ0v) is 24.0. The Balaban J connectivity index is 1.18. The lowest BCUT2D eigenvalue weighted by molar-refractivity contribution is 0.661. The number of benzene rings is 3. The summed E-state index contributed by atoms with van der Waals surface area (Å²) in [5.74, 6) is 0. The van der Waals surface area contributed by atoms with Crippen molar-refractivity contribution in [2.75, 3.05) is 0 Å². The number of furan rings is 2. The van der Waals surface area contributed by atoms with Crippen LogP contribution in [-0.4, -0.2) is 29.1 Å². The van der Waals surface area contributed by atoms with Gasteiger partial charge in [0.05, 0.1) is 22.4 Å². The number of fused-ring (bicyclic) bond motifs is 12. The number of nitrogens with zero attached hydrogens (tertiary/aromatic N) is 6. The number of aromatic nitrogens is 6. The Bertz CT molecular complexity index is 2740. The molecule has 11 rings (SSSR count). The second-order valence-electron chi connectivity index (χ2n) is 11.6. The van der Waals surface area contributed by atoms with Gasteiger partial charge in [-0.15, -0.1) is 0 Å². The van der Waals surface area contributed by atoms with Crippen LogP contribution in [0.4, 0.5) is 0 Å². The molecule has 214 valence electrons. The van der Waals surface area contributed by atoms with E-state index in [4.69, 9.17) is 18.8 Å². The van der Waals surface area contributed by atoms with Crippen LogP contribution in [0.2, 0.25) is 0 Å². The van der Waals surface area contributed by atoms with E-state index >= 15 is 0 Å². The van der Waals surface area contributed by atoms with Crippen LogP contribution in [0.1, 0.15) is 0 Å². The number of para-hydroxylation sites is 2. The Morgan fingerprint density at radius 1 is 0.435 bits per heavy atom. The van der Waals surface area contributed by atoms with Crippen molar-refractivity contribution in [3.05, 3.63) is 122 Å². The molecule has 8 heterocycles. The lowest BCUT2D eigenvalue weighted by atomic mass is 10.1. The van der Waals surface area contributed by atoms with Crippen molar-refractivity contribution in [1.82, 2.24) is 29.1 Å². The summed E-state index contributed by atoms with van der Waals surface area (Å²) in [7, 11) is 0. The summed E-state index contributed by atoms with van der Waals surface area (Å²) in [6.45, 7) is 0. The molecule has 0 spiro atoms. The molecule has 0 aliphatic carbocycles. The molecule has 46 heavy (non-hydrogen) atoms. The first-order chi connectivity index (χ1) is 22.8. The van der Waals surface area contributed by atoms with Crippen molar-refractivity contribution in [2.45, 2.75) is 0 Å². The van der Waals surface area contributed by atoms with Crippen LogP contribution in [0.5, 0.6) is 0 Å². The monoisotopic (exact) mass is 592 g/mol. The normalized spacial score (nSPS) is 12.3. The van der Waals surface area contributed by atoms with Crippen molar-refractivity contribution in [1.29, 1.82) is 0 Å². The molecule has 8 nitrogen and oxygen atoms in total. The Kier molecular flexibility index (Phi) is 4.43. The summed E-state index contributed by atoms with van der Waals surface area (Å²) in [6.07, 6.45) is 11.1. The molecule has 0 N–H and O–H groups in total. The first kappa shape index (κ1) is 23.9. The molecule has 0 aliphatic rings. The van der Waals surface area contributed by atoms with E-state index in [0.29, 0.717) is 0 Å². The molecule has 0 unspecified atom stereocenters. The quantitative estimate of drug-likeness (QED) is 0.199. The second-order valence-corrected chi connectivity index (χ2v) is 11.6. The Hall–Kier alpha value is -6.54. The minimum absolute atomic E-state index is 0.793. The highest BCUT2D eigenvalue weighted by Crippen LogP contribution is 2.42. The summed E-state index contributed by atoms with van der Waals surface area (Å²) in [5.41, 5.74) is 8.81. The van der Waals surface area contributed by atoms with Crippen LogP contribution < -0.4 is 0 Å². The van der Waals surface area contributed by atoms with Gasteiger partial charge in [0.2, 0.25) is 0 Å². The van der Waals surface area contributed by atoms with E-state index in [0.717, 1.165) is 99.1 Å². The predicted octanol–water partition coefficient (Wildman–Crippen LogP) is 9.26. The maximum Gasteiger partial charge on any atom is 0.159 e. The zero-order chi connectivity index (χ0) is 29.9. The molecular weight excluding hydrogens is 572 g/mol. The fraction of sp³-hybridized carbons (Fsp3) is 0. The van der Waals surface area contributed by atoms with Crippen molar-refractivity contribution in [3.8, 4) is 11.4 Å². The van der Waals surface area contributed by atoms with Crippen molar-refractivity contribution >= 4 is 87.7 Å². The SMILES string of the molecule is c1cc(-n2c3ccncc3c3cccnc32)c2oc3cc4c(cc3c2c1)oc1c(-n2c3ccncc3c3cccnc32)cccc14. The van der Waals surface area contributed by atoms with E-state index in [1.165, 1.54) is 0 Å². The topological polar surface area (TPSA) is 87.7 Å². The molecule has 0 saturated carbocycles. The van der Waals surface area contributed by atoms with E-state index in [-0.39, 0.29) is 0 Å². The summed E-state index contributed by atoms with van der Waals surface area (Å²) in [6, 6.07) is 28.9. The Labute approximate surface area is 258 Å². The maximum atomic E-state index is 6.72. The molecule has 0 amide bonds. The van der Waals surface area contributed by atoms with Crippen LogP contribution in [0, 0.1) is 0 Å². The first-order valence-electron chi connectivity index (χ1n) is 15.0. The van der Waals surface area contributed by atoms with Crippen molar-refractivity contribution in [3.63, 3.8) is 0 Å². The van der Waals surface area contributed by atoms with Crippen molar-refractivity contribution in [2.24, 2.45) is 0 Å². The van der Waals surface area contributed by atoms with Gasteiger partial charge in [0.1, 0.15) is 22.5 Å². The van der Waals surface area contributed by atoms with Crippen LogP contribution in [-0.2, 0) is 0 Å². The van der Waals surface area contributed by atoms with Crippen LogP contribution in [0.3, 0.4) is 0 Å². The number of rotatable bonds is 2. The number of pyridine rings is 4. The minimum atomic E-state index is 0.793. The van der Waals surface area contributed by atoms with E-state index in [1.54, 1.807) is 0 Å². The van der Waals surface area contributed by atoms with Crippen LogP contribution in [0.15, 0.2) is 131 Å². The molecular formula is C38H20N6O2. The lowest BCUT2D eigenvalue weighted by Crippen LogP contribution is -1.95. The summed E-state index contributed by atoms with van der Waals surface area (Å²) in [5, 5.41) is 8.20. The van der Waals surface area contributed by atoms with Crippen LogP contribution in [0.25, 0.3) is 99.1 Å². The summed E-state index contributed by atoms with van der Waals surface area (Å²) >= 11 is 0. The van der Waals surface area contributed by atoms with Gasteiger partial charge in [-0.25, -0.2) is 9.97 Å². The molecule has 0 saturated heterocycles. The van der Waals surface area contributed by atoms with Gasteiger partial charge < -0.3 is 8.83 Å². The van der Waals surface area contributed by atoms with E-state index in [1.807, 2.05) is 61.4 Å². The fourth-order valence-corrected chi connectivity index (χ4v) is 7.28. The van der Waals surface area contributed by atoms with Gasteiger partial charge in [-0.05, 0) is 60.7 Å². The third-order valence-electron chi connectivity index (χ3n) is 9.21.